The maximum absolute atomic E-state index is 12.6. The van der Waals surface area contributed by atoms with E-state index in [1.54, 1.807) is 13.8 Å². The van der Waals surface area contributed by atoms with Crippen molar-refractivity contribution in [2.75, 3.05) is 18.8 Å². The van der Waals surface area contributed by atoms with Crippen molar-refractivity contribution in [3.05, 3.63) is 59.2 Å². The van der Waals surface area contributed by atoms with Crippen molar-refractivity contribution in [2.24, 2.45) is 0 Å². The molecular formula is C21H27N3O4S2. The second-order valence-corrected chi connectivity index (χ2v) is 9.64. The van der Waals surface area contributed by atoms with Gasteiger partial charge in [0.1, 0.15) is 0 Å². The molecule has 0 unspecified atom stereocenters. The van der Waals surface area contributed by atoms with E-state index in [1.807, 2.05) is 32.0 Å². The third kappa shape index (κ3) is 6.07. The highest BCUT2D eigenvalue weighted by Crippen LogP contribution is 2.21. The zero-order chi connectivity index (χ0) is 22.3. The van der Waals surface area contributed by atoms with Gasteiger partial charge in [0.15, 0.2) is 0 Å². The summed E-state index contributed by atoms with van der Waals surface area (Å²) >= 11 is 1.36. The predicted octanol–water partition coefficient (Wildman–Crippen LogP) is 2.89. The van der Waals surface area contributed by atoms with E-state index in [-0.39, 0.29) is 22.1 Å². The first-order chi connectivity index (χ1) is 14.2. The summed E-state index contributed by atoms with van der Waals surface area (Å²) in [5.41, 5.74) is 7.16. The minimum Gasteiger partial charge on any atom is -0.272 e. The van der Waals surface area contributed by atoms with Crippen molar-refractivity contribution in [2.45, 2.75) is 37.5 Å². The van der Waals surface area contributed by atoms with Crippen LogP contribution in [-0.4, -0.2) is 43.4 Å². The van der Waals surface area contributed by atoms with Gasteiger partial charge in [-0.15, -0.1) is 11.8 Å². The van der Waals surface area contributed by atoms with Gasteiger partial charge in [-0.25, -0.2) is 8.42 Å². The lowest BCUT2D eigenvalue weighted by Gasteiger charge is -2.18. The van der Waals surface area contributed by atoms with Crippen LogP contribution < -0.4 is 10.9 Å². The molecule has 30 heavy (non-hydrogen) atoms. The summed E-state index contributed by atoms with van der Waals surface area (Å²) in [4.78, 5) is 25.4. The lowest BCUT2D eigenvalue weighted by atomic mass is 10.1. The average molecular weight is 450 g/mol. The molecule has 0 aromatic heterocycles. The summed E-state index contributed by atoms with van der Waals surface area (Å²) in [5, 5.41) is 0. The van der Waals surface area contributed by atoms with Crippen LogP contribution in [0, 0.1) is 13.8 Å². The largest absolute Gasteiger partial charge is 0.272 e. The van der Waals surface area contributed by atoms with Crippen molar-refractivity contribution in [1.29, 1.82) is 0 Å². The van der Waals surface area contributed by atoms with Gasteiger partial charge >= 0.3 is 0 Å². The molecule has 0 aliphatic heterocycles. The number of hydrazine groups is 1. The van der Waals surface area contributed by atoms with Crippen LogP contribution in [0.2, 0.25) is 0 Å². The normalized spacial score (nSPS) is 11.4. The predicted molar refractivity (Wildman–Crippen MR) is 119 cm³/mol. The smallest absolute Gasteiger partial charge is 0.269 e. The summed E-state index contributed by atoms with van der Waals surface area (Å²) < 4.78 is 26.6. The van der Waals surface area contributed by atoms with Crippen LogP contribution in [0.15, 0.2) is 52.3 Å². The summed E-state index contributed by atoms with van der Waals surface area (Å²) in [7, 11) is -3.67. The summed E-state index contributed by atoms with van der Waals surface area (Å²) in [5.74, 6) is -0.811. The van der Waals surface area contributed by atoms with E-state index < -0.39 is 15.9 Å². The minimum atomic E-state index is -3.67. The molecule has 2 amide bonds. The number of nitrogens with zero attached hydrogens (tertiary/aromatic N) is 1. The number of nitrogens with one attached hydrogen (secondary N) is 2. The van der Waals surface area contributed by atoms with Crippen LogP contribution in [-0.2, 0) is 14.8 Å². The number of amides is 2. The highest BCUT2D eigenvalue weighted by atomic mass is 32.2. The molecule has 0 aliphatic rings. The molecule has 2 aromatic carbocycles. The number of carbonyl (C=O) groups excluding carboxylic acids is 2. The number of carbonyl (C=O) groups is 2. The number of hydrogen-bond donors (Lipinski definition) is 2. The van der Waals surface area contributed by atoms with Crippen LogP contribution in [0.3, 0.4) is 0 Å². The molecule has 0 saturated carbocycles. The molecular weight excluding hydrogens is 422 g/mol. The van der Waals surface area contributed by atoms with Gasteiger partial charge in [-0.2, -0.15) is 4.31 Å². The minimum absolute atomic E-state index is 0.0375. The third-order valence-corrected chi connectivity index (χ3v) is 7.64. The Morgan fingerprint density at radius 3 is 2.30 bits per heavy atom. The molecule has 0 aliphatic carbocycles. The van der Waals surface area contributed by atoms with E-state index in [2.05, 4.69) is 10.9 Å². The summed E-state index contributed by atoms with van der Waals surface area (Å²) in [6.45, 7) is 8.21. The van der Waals surface area contributed by atoms with Gasteiger partial charge in [0.2, 0.25) is 15.9 Å². The third-order valence-electron chi connectivity index (χ3n) is 4.60. The van der Waals surface area contributed by atoms with E-state index in [1.165, 1.54) is 45.9 Å². The molecule has 0 saturated heterocycles. The molecule has 0 fully saturated rings. The quantitative estimate of drug-likeness (QED) is 0.477. The molecule has 0 heterocycles. The fourth-order valence-electron chi connectivity index (χ4n) is 2.70. The summed E-state index contributed by atoms with van der Waals surface area (Å²) in [6, 6.07) is 11.7. The zero-order valence-electron chi connectivity index (χ0n) is 17.6. The highest BCUT2D eigenvalue weighted by molar-refractivity contribution is 8.00. The Morgan fingerprint density at radius 1 is 0.967 bits per heavy atom. The first-order valence-corrected chi connectivity index (χ1v) is 12.0. The molecule has 9 heteroatoms. The first-order valence-electron chi connectivity index (χ1n) is 9.58. The maximum atomic E-state index is 12.6. The van der Waals surface area contributed by atoms with Gasteiger partial charge in [-0.3, -0.25) is 20.4 Å². The molecule has 7 nitrogen and oxygen atoms in total. The Bertz CT molecular complexity index is 1020. The molecule has 2 rings (SSSR count). The summed E-state index contributed by atoms with van der Waals surface area (Å²) in [6.07, 6.45) is 0. The SMILES string of the molecule is CCN(CC)S(=O)(=O)c1cccc(C(=O)NNC(=O)CSc2ccc(C)c(C)c2)c1. The Labute approximate surface area is 182 Å². The van der Waals surface area contributed by atoms with Gasteiger partial charge in [-0.1, -0.05) is 26.0 Å². The van der Waals surface area contributed by atoms with Crippen LogP contribution >= 0.6 is 11.8 Å². The Hall–Kier alpha value is -2.36. The molecule has 2 aromatic rings. The van der Waals surface area contributed by atoms with Gasteiger partial charge in [0.05, 0.1) is 10.6 Å². The second kappa shape index (κ2) is 10.6. The molecule has 2 N–H and O–H groups in total. The number of aryl methyl sites for hydroxylation is 2. The van der Waals surface area contributed by atoms with Crippen molar-refractivity contribution >= 4 is 33.6 Å². The van der Waals surface area contributed by atoms with Crippen molar-refractivity contribution in [3.63, 3.8) is 0 Å². The Morgan fingerprint density at radius 2 is 1.67 bits per heavy atom. The number of thioether (sulfide) groups is 1. The van der Waals surface area contributed by atoms with E-state index in [0.717, 1.165) is 10.5 Å². The van der Waals surface area contributed by atoms with Crippen LogP contribution in [0.5, 0.6) is 0 Å². The Balaban J connectivity index is 1.96. The van der Waals surface area contributed by atoms with E-state index in [4.69, 9.17) is 0 Å². The number of rotatable bonds is 8. The zero-order valence-corrected chi connectivity index (χ0v) is 19.2. The van der Waals surface area contributed by atoms with E-state index in [0.29, 0.717) is 13.1 Å². The molecule has 0 radical (unpaired) electrons. The van der Waals surface area contributed by atoms with Gasteiger partial charge in [0, 0.05) is 23.5 Å². The van der Waals surface area contributed by atoms with Gasteiger partial charge in [0.25, 0.3) is 5.91 Å². The molecule has 0 spiro atoms. The van der Waals surface area contributed by atoms with Gasteiger partial charge in [-0.05, 0) is 55.3 Å². The number of hydrogen-bond acceptors (Lipinski definition) is 5. The fourth-order valence-corrected chi connectivity index (χ4v) is 5.00. The van der Waals surface area contributed by atoms with Gasteiger partial charge < -0.3 is 0 Å². The van der Waals surface area contributed by atoms with Crippen molar-refractivity contribution in [1.82, 2.24) is 15.2 Å². The van der Waals surface area contributed by atoms with Crippen molar-refractivity contribution < 1.29 is 18.0 Å². The highest BCUT2D eigenvalue weighted by Gasteiger charge is 2.22. The topological polar surface area (TPSA) is 95.6 Å². The second-order valence-electron chi connectivity index (χ2n) is 6.65. The van der Waals surface area contributed by atoms with E-state index >= 15 is 0 Å². The standard InChI is InChI=1S/C21H27N3O4S2/c1-5-24(6-2)30(27,28)19-9-7-8-17(13-19)21(26)23-22-20(25)14-29-18-11-10-15(3)16(4)12-18/h7-13H,5-6,14H2,1-4H3,(H,22,25)(H,23,26). The fraction of sp³-hybridized carbons (Fsp3) is 0.333. The Kier molecular flexibility index (Phi) is 8.45. The lowest BCUT2D eigenvalue weighted by Crippen LogP contribution is -2.42. The van der Waals surface area contributed by atoms with E-state index in [9.17, 15) is 18.0 Å². The van der Waals surface area contributed by atoms with Crippen LogP contribution in [0.4, 0.5) is 0 Å². The number of benzene rings is 2. The average Bonchev–Trinajstić information content (AvgIpc) is 2.73. The van der Waals surface area contributed by atoms with Crippen LogP contribution in [0.25, 0.3) is 0 Å². The van der Waals surface area contributed by atoms with Crippen LogP contribution in [0.1, 0.15) is 35.3 Å². The lowest BCUT2D eigenvalue weighted by molar-refractivity contribution is -0.119. The molecule has 0 bridgehead atoms. The maximum Gasteiger partial charge on any atom is 0.269 e. The molecule has 162 valence electrons. The molecule has 0 atom stereocenters. The van der Waals surface area contributed by atoms with Crippen molar-refractivity contribution in [3.8, 4) is 0 Å². The monoisotopic (exact) mass is 449 g/mol. The number of sulfonamides is 1. The first kappa shape index (κ1) is 23.9.